The zero-order valence-electron chi connectivity index (χ0n) is 6.83. The van der Waals surface area contributed by atoms with Gasteiger partial charge in [0.25, 0.3) is 0 Å². The summed E-state index contributed by atoms with van der Waals surface area (Å²) in [6, 6.07) is 0. The molecular weight excluding hydrogens is 144 g/mol. The van der Waals surface area contributed by atoms with Gasteiger partial charge in [-0.1, -0.05) is 23.7 Å². The standard InChI is InChI=1S/C12H8/c1-2-4-6-8-10-12-11-9-7-5-3-1/h1-2,11-12H2. The van der Waals surface area contributed by atoms with E-state index in [1.165, 1.54) is 0 Å². The van der Waals surface area contributed by atoms with Gasteiger partial charge in [-0.3, -0.25) is 0 Å². The molecule has 0 heterocycles. The van der Waals surface area contributed by atoms with E-state index >= 15 is 0 Å². The molecule has 0 saturated carbocycles. The summed E-state index contributed by atoms with van der Waals surface area (Å²) in [5.74, 6) is 22.8. The van der Waals surface area contributed by atoms with E-state index in [2.05, 4.69) is 47.4 Å². The third kappa shape index (κ3) is 4.12. The number of rotatable bonds is 0. The Morgan fingerprint density at radius 2 is 0.667 bits per heavy atom. The summed E-state index contributed by atoms with van der Waals surface area (Å²) < 4.78 is 0. The summed E-state index contributed by atoms with van der Waals surface area (Å²) in [6.45, 7) is 0. The molecule has 0 saturated heterocycles. The predicted octanol–water partition coefficient (Wildman–Crippen LogP) is 1.57. The zero-order chi connectivity index (χ0) is 8.49. The van der Waals surface area contributed by atoms with Crippen LogP contribution in [0, 0.1) is 47.4 Å². The monoisotopic (exact) mass is 152 g/mol. The van der Waals surface area contributed by atoms with Crippen molar-refractivity contribution in [2.45, 2.75) is 25.7 Å². The number of hydrogen-bond acceptors (Lipinski definition) is 0. The van der Waals surface area contributed by atoms with E-state index in [-0.39, 0.29) is 0 Å². The highest BCUT2D eigenvalue weighted by Crippen LogP contribution is 1.85. The average molecular weight is 152 g/mol. The van der Waals surface area contributed by atoms with Gasteiger partial charge in [0.15, 0.2) is 0 Å². The minimum absolute atomic E-state index is 0.795. The largest absolute Gasteiger partial charge is 0.0881 e. The van der Waals surface area contributed by atoms with Gasteiger partial charge in [-0.15, -0.1) is 0 Å². The first-order chi connectivity index (χ1) is 6.00. The van der Waals surface area contributed by atoms with Crippen LogP contribution in [0.2, 0.25) is 0 Å². The quantitative estimate of drug-likeness (QED) is 0.462. The van der Waals surface area contributed by atoms with Crippen molar-refractivity contribution in [2.24, 2.45) is 0 Å². The maximum Gasteiger partial charge on any atom is 0.0209 e. The Kier molecular flexibility index (Phi) is 4.16. The van der Waals surface area contributed by atoms with Crippen LogP contribution in [0.4, 0.5) is 0 Å². The Balaban J connectivity index is 2.57. The van der Waals surface area contributed by atoms with Gasteiger partial charge >= 0.3 is 0 Å². The second-order valence-electron chi connectivity index (χ2n) is 2.21. The molecule has 0 unspecified atom stereocenters. The lowest BCUT2D eigenvalue weighted by Gasteiger charge is -1.78. The van der Waals surface area contributed by atoms with Gasteiger partial charge in [-0.2, -0.15) is 0 Å². The Morgan fingerprint density at radius 3 is 0.917 bits per heavy atom. The van der Waals surface area contributed by atoms with Crippen LogP contribution in [0.15, 0.2) is 0 Å². The van der Waals surface area contributed by atoms with E-state index in [1.807, 2.05) is 0 Å². The van der Waals surface area contributed by atoms with Crippen LogP contribution in [-0.4, -0.2) is 0 Å². The highest BCUT2D eigenvalue weighted by Gasteiger charge is 1.75. The van der Waals surface area contributed by atoms with E-state index in [9.17, 15) is 0 Å². The summed E-state index contributed by atoms with van der Waals surface area (Å²) in [4.78, 5) is 0. The maximum atomic E-state index is 2.93. The zero-order valence-corrected chi connectivity index (χ0v) is 6.83. The summed E-state index contributed by atoms with van der Waals surface area (Å²) in [7, 11) is 0. The number of hydrogen-bond donors (Lipinski definition) is 0. The molecule has 0 fully saturated rings. The van der Waals surface area contributed by atoms with Crippen LogP contribution in [-0.2, 0) is 0 Å². The highest BCUT2D eigenvalue weighted by atomic mass is 13.8. The molecule has 0 spiro atoms. The van der Waals surface area contributed by atoms with Gasteiger partial charge < -0.3 is 0 Å². The van der Waals surface area contributed by atoms with E-state index in [1.54, 1.807) is 0 Å². The fourth-order valence-electron chi connectivity index (χ4n) is 0.677. The molecule has 0 N–H and O–H groups in total. The van der Waals surface area contributed by atoms with Gasteiger partial charge in [0.2, 0.25) is 0 Å². The minimum Gasteiger partial charge on any atom is -0.0881 e. The Labute approximate surface area is 73.7 Å². The van der Waals surface area contributed by atoms with Crippen LogP contribution in [0.3, 0.4) is 0 Å². The molecule has 0 bridgehead atoms. The first-order valence-corrected chi connectivity index (χ1v) is 3.91. The Bertz CT molecular complexity index is 289. The SMILES string of the molecule is C1#CCCC#CC#CCCC#C1. The fraction of sp³-hybridized carbons (Fsp3) is 0.333. The minimum atomic E-state index is 0.795. The van der Waals surface area contributed by atoms with E-state index < -0.39 is 0 Å². The molecule has 0 radical (unpaired) electrons. The van der Waals surface area contributed by atoms with E-state index in [0.717, 1.165) is 25.7 Å². The van der Waals surface area contributed by atoms with Crippen LogP contribution in [0.25, 0.3) is 0 Å². The molecule has 56 valence electrons. The molecule has 0 amide bonds. The maximum absolute atomic E-state index is 2.93. The van der Waals surface area contributed by atoms with Crippen molar-refractivity contribution in [2.75, 3.05) is 0 Å². The van der Waals surface area contributed by atoms with Crippen LogP contribution >= 0.6 is 0 Å². The van der Waals surface area contributed by atoms with Crippen molar-refractivity contribution < 1.29 is 0 Å². The molecule has 0 heteroatoms. The molecule has 0 nitrogen and oxygen atoms in total. The van der Waals surface area contributed by atoms with Crippen molar-refractivity contribution in [3.05, 3.63) is 0 Å². The molecule has 0 aromatic rings. The van der Waals surface area contributed by atoms with E-state index in [0.29, 0.717) is 0 Å². The van der Waals surface area contributed by atoms with Crippen molar-refractivity contribution in [3.8, 4) is 47.4 Å². The lowest BCUT2D eigenvalue weighted by Crippen LogP contribution is -1.69. The second-order valence-corrected chi connectivity index (χ2v) is 2.21. The molecule has 12 heavy (non-hydrogen) atoms. The third-order valence-electron chi connectivity index (χ3n) is 1.23. The summed E-state index contributed by atoms with van der Waals surface area (Å²) in [5.41, 5.74) is 0. The van der Waals surface area contributed by atoms with Gasteiger partial charge in [0.05, 0.1) is 0 Å². The Morgan fingerprint density at radius 1 is 0.417 bits per heavy atom. The normalized spacial score (nSPS) is 13.3. The smallest absolute Gasteiger partial charge is 0.0209 e. The highest BCUT2D eigenvalue weighted by molar-refractivity contribution is 5.29. The van der Waals surface area contributed by atoms with Gasteiger partial charge in [0, 0.05) is 25.7 Å². The van der Waals surface area contributed by atoms with Crippen LogP contribution in [0.5, 0.6) is 0 Å². The average Bonchev–Trinajstić information content (AvgIpc) is 2.05. The van der Waals surface area contributed by atoms with Crippen LogP contribution in [0.1, 0.15) is 25.7 Å². The molecule has 0 aliphatic heterocycles. The molecule has 0 atom stereocenters. The molecule has 1 aliphatic carbocycles. The molecule has 1 aliphatic rings. The molecule has 0 aromatic carbocycles. The fourth-order valence-corrected chi connectivity index (χ4v) is 0.677. The summed E-state index contributed by atoms with van der Waals surface area (Å²) in [5, 5.41) is 0. The van der Waals surface area contributed by atoms with Gasteiger partial charge in [-0.25, -0.2) is 0 Å². The predicted molar refractivity (Wildman–Crippen MR) is 49.6 cm³/mol. The van der Waals surface area contributed by atoms with Crippen molar-refractivity contribution in [1.82, 2.24) is 0 Å². The second kappa shape index (κ2) is 5.98. The Hall–Kier alpha value is -1.76. The van der Waals surface area contributed by atoms with Crippen molar-refractivity contribution in [1.29, 1.82) is 0 Å². The van der Waals surface area contributed by atoms with E-state index in [4.69, 9.17) is 0 Å². The topological polar surface area (TPSA) is 0 Å². The van der Waals surface area contributed by atoms with Gasteiger partial charge in [0.1, 0.15) is 0 Å². The first-order valence-electron chi connectivity index (χ1n) is 3.91. The van der Waals surface area contributed by atoms with Crippen molar-refractivity contribution in [3.63, 3.8) is 0 Å². The lowest BCUT2D eigenvalue weighted by atomic mass is 10.3. The first kappa shape index (κ1) is 8.34. The molecule has 0 aromatic heterocycles. The molecular formula is C12H8. The van der Waals surface area contributed by atoms with Crippen molar-refractivity contribution >= 4 is 0 Å². The molecule has 1 rings (SSSR count). The van der Waals surface area contributed by atoms with Crippen LogP contribution < -0.4 is 0 Å². The summed E-state index contributed by atoms with van der Waals surface area (Å²) in [6.07, 6.45) is 3.18. The van der Waals surface area contributed by atoms with Gasteiger partial charge in [-0.05, 0) is 23.7 Å². The lowest BCUT2D eigenvalue weighted by molar-refractivity contribution is 1.12. The third-order valence-corrected chi connectivity index (χ3v) is 1.23. The summed E-state index contributed by atoms with van der Waals surface area (Å²) >= 11 is 0.